The Hall–Kier alpha value is -0.630. The van der Waals surface area contributed by atoms with Gasteiger partial charge in [0.2, 0.25) is 6.41 Å². The second-order valence-electron chi connectivity index (χ2n) is 2.77. The Morgan fingerprint density at radius 3 is 2.44 bits per heavy atom. The third-order valence-corrected chi connectivity index (χ3v) is 2.98. The molecular weight excluding hydrogens is 340 g/mol. The standard InChI is InChI=1S/C8H10Br2N2.CH4N2O/c1-12(11)8-4-2-3-7(10)6(8)5-9;2-3-1-4/h2-4H,5,11H2,1H3;1H,2H2,(H,3,4). The summed E-state index contributed by atoms with van der Waals surface area (Å²) >= 11 is 6.88. The van der Waals surface area contributed by atoms with E-state index in [-0.39, 0.29) is 0 Å². The third-order valence-electron chi connectivity index (χ3n) is 1.68. The highest BCUT2D eigenvalue weighted by molar-refractivity contribution is 9.10. The first-order valence-electron chi connectivity index (χ1n) is 4.30. The molecule has 0 fully saturated rings. The number of amides is 1. The van der Waals surface area contributed by atoms with Gasteiger partial charge in [0, 0.05) is 22.4 Å². The van der Waals surface area contributed by atoms with E-state index in [1.54, 1.807) is 10.4 Å². The predicted molar refractivity (Wildman–Crippen MR) is 72.8 cm³/mol. The number of anilines is 1. The Morgan fingerprint density at radius 2 is 2.12 bits per heavy atom. The number of nitrogens with one attached hydrogen (secondary N) is 1. The molecule has 0 radical (unpaired) electrons. The monoisotopic (exact) mass is 352 g/mol. The van der Waals surface area contributed by atoms with Crippen molar-refractivity contribution >= 4 is 44.0 Å². The lowest BCUT2D eigenvalue weighted by Gasteiger charge is -2.16. The number of halogens is 2. The van der Waals surface area contributed by atoms with Crippen LogP contribution in [-0.2, 0) is 10.1 Å². The summed E-state index contributed by atoms with van der Waals surface area (Å²) in [5.41, 5.74) is 3.95. The fourth-order valence-electron chi connectivity index (χ4n) is 1.01. The SMILES string of the molecule is CN(N)c1cccc(Br)c1CBr.NNC=O. The summed E-state index contributed by atoms with van der Waals surface area (Å²) in [5.74, 6) is 10.1. The van der Waals surface area contributed by atoms with Gasteiger partial charge in [0.15, 0.2) is 0 Å². The Morgan fingerprint density at radius 1 is 1.56 bits per heavy atom. The van der Waals surface area contributed by atoms with Gasteiger partial charge in [0.05, 0.1) is 5.69 Å². The molecule has 0 atom stereocenters. The first kappa shape index (κ1) is 15.4. The quantitative estimate of drug-likeness (QED) is 0.251. The summed E-state index contributed by atoms with van der Waals surface area (Å²) < 4.78 is 1.08. The average Bonchev–Trinajstić information content (AvgIpc) is 2.29. The van der Waals surface area contributed by atoms with Crippen LogP contribution in [0.2, 0.25) is 0 Å². The third kappa shape index (κ3) is 4.93. The van der Waals surface area contributed by atoms with Gasteiger partial charge in [-0.1, -0.05) is 37.9 Å². The number of carbonyl (C=O) groups is 1. The molecule has 1 aromatic carbocycles. The molecule has 5 N–H and O–H groups in total. The summed E-state index contributed by atoms with van der Waals surface area (Å²) in [4.78, 5) is 8.94. The van der Waals surface area contributed by atoms with Crippen LogP contribution >= 0.6 is 31.9 Å². The normalized spacial score (nSPS) is 8.81. The number of hydrazine groups is 2. The Labute approximate surface area is 111 Å². The molecule has 0 saturated carbocycles. The zero-order chi connectivity index (χ0) is 12.6. The van der Waals surface area contributed by atoms with Crippen LogP contribution in [0.3, 0.4) is 0 Å². The van der Waals surface area contributed by atoms with E-state index in [0.29, 0.717) is 6.41 Å². The van der Waals surface area contributed by atoms with Crippen molar-refractivity contribution in [2.24, 2.45) is 11.7 Å². The zero-order valence-corrected chi connectivity index (χ0v) is 12.0. The summed E-state index contributed by atoms with van der Waals surface area (Å²) in [6, 6.07) is 5.96. The van der Waals surface area contributed by atoms with Crippen LogP contribution in [0.15, 0.2) is 22.7 Å². The van der Waals surface area contributed by atoms with Gasteiger partial charge in [-0.05, 0) is 12.1 Å². The molecule has 0 aromatic heterocycles. The van der Waals surface area contributed by atoms with Crippen LogP contribution in [0.25, 0.3) is 0 Å². The maximum absolute atomic E-state index is 8.94. The van der Waals surface area contributed by atoms with E-state index >= 15 is 0 Å². The second-order valence-corrected chi connectivity index (χ2v) is 4.18. The molecule has 0 aliphatic carbocycles. The highest BCUT2D eigenvalue weighted by Gasteiger charge is 2.06. The number of carbonyl (C=O) groups excluding carboxylic acids is 1. The Bertz CT molecular complexity index is 333. The van der Waals surface area contributed by atoms with E-state index in [1.165, 1.54) is 5.56 Å². The maximum atomic E-state index is 8.94. The van der Waals surface area contributed by atoms with Crippen molar-refractivity contribution in [3.8, 4) is 0 Å². The molecule has 1 rings (SSSR count). The van der Waals surface area contributed by atoms with Crippen LogP contribution in [0.5, 0.6) is 0 Å². The first-order chi connectivity index (χ1) is 7.58. The molecule has 5 nitrogen and oxygen atoms in total. The number of rotatable bonds is 3. The van der Waals surface area contributed by atoms with Crippen LogP contribution < -0.4 is 22.1 Å². The molecule has 16 heavy (non-hydrogen) atoms. The molecular formula is C9H14Br2N4O. The van der Waals surface area contributed by atoms with Gasteiger partial charge >= 0.3 is 0 Å². The lowest BCUT2D eigenvalue weighted by atomic mass is 10.2. The average molecular weight is 354 g/mol. The highest BCUT2D eigenvalue weighted by Crippen LogP contribution is 2.27. The minimum Gasteiger partial charge on any atom is -0.314 e. The summed E-state index contributed by atoms with van der Waals surface area (Å²) in [6.07, 6.45) is 0.403. The molecule has 0 aliphatic heterocycles. The van der Waals surface area contributed by atoms with Crippen molar-refractivity contribution in [1.82, 2.24) is 5.43 Å². The fourth-order valence-corrected chi connectivity index (χ4v) is 2.47. The predicted octanol–water partition coefficient (Wildman–Crippen LogP) is 1.26. The topological polar surface area (TPSA) is 84.4 Å². The summed E-state index contributed by atoms with van der Waals surface area (Å²) in [6.45, 7) is 0. The van der Waals surface area contributed by atoms with E-state index in [0.717, 1.165) is 15.5 Å². The second kappa shape index (κ2) is 8.51. The molecule has 0 heterocycles. The van der Waals surface area contributed by atoms with Gasteiger partial charge in [-0.2, -0.15) is 0 Å². The van der Waals surface area contributed by atoms with Crippen molar-refractivity contribution in [2.45, 2.75) is 5.33 Å². The lowest BCUT2D eigenvalue weighted by Crippen LogP contribution is -2.26. The zero-order valence-electron chi connectivity index (χ0n) is 8.78. The smallest absolute Gasteiger partial charge is 0.221 e. The maximum Gasteiger partial charge on any atom is 0.221 e. The van der Waals surface area contributed by atoms with E-state index in [9.17, 15) is 0 Å². The van der Waals surface area contributed by atoms with Crippen LogP contribution in [-0.4, -0.2) is 13.5 Å². The molecule has 0 bridgehead atoms. The van der Waals surface area contributed by atoms with Crippen molar-refractivity contribution in [2.75, 3.05) is 12.1 Å². The number of hydrogen-bond acceptors (Lipinski definition) is 4. The first-order valence-corrected chi connectivity index (χ1v) is 6.21. The summed E-state index contributed by atoms with van der Waals surface area (Å²) in [7, 11) is 1.83. The lowest BCUT2D eigenvalue weighted by molar-refractivity contribution is -0.109. The van der Waals surface area contributed by atoms with Crippen molar-refractivity contribution in [1.29, 1.82) is 0 Å². The molecule has 90 valence electrons. The molecule has 1 aromatic rings. The minimum atomic E-state index is 0.403. The molecule has 0 aliphatic rings. The van der Waals surface area contributed by atoms with Gasteiger partial charge in [0.25, 0.3) is 0 Å². The number of benzene rings is 1. The highest BCUT2D eigenvalue weighted by atomic mass is 79.9. The van der Waals surface area contributed by atoms with Gasteiger partial charge in [-0.25, -0.2) is 11.7 Å². The summed E-state index contributed by atoms with van der Waals surface area (Å²) in [5, 5.41) is 2.41. The largest absolute Gasteiger partial charge is 0.314 e. The van der Waals surface area contributed by atoms with Crippen LogP contribution in [0, 0.1) is 0 Å². The molecule has 1 amide bonds. The number of nitrogens with two attached hydrogens (primary N) is 2. The van der Waals surface area contributed by atoms with E-state index in [2.05, 4.69) is 37.7 Å². The van der Waals surface area contributed by atoms with Gasteiger partial charge in [-0.3, -0.25) is 10.2 Å². The van der Waals surface area contributed by atoms with Crippen LogP contribution in [0.1, 0.15) is 5.56 Å². The van der Waals surface area contributed by atoms with E-state index in [1.807, 2.05) is 25.2 Å². The van der Waals surface area contributed by atoms with Crippen molar-refractivity contribution in [3.63, 3.8) is 0 Å². The number of alkyl halides is 1. The Kier molecular flexibility index (Phi) is 8.18. The minimum absolute atomic E-state index is 0.403. The molecule has 0 saturated heterocycles. The number of nitrogens with zero attached hydrogens (tertiary/aromatic N) is 1. The fraction of sp³-hybridized carbons (Fsp3) is 0.222. The van der Waals surface area contributed by atoms with E-state index < -0.39 is 0 Å². The van der Waals surface area contributed by atoms with E-state index in [4.69, 9.17) is 10.6 Å². The Balaban J connectivity index is 0.000000487. The van der Waals surface area contributed by atoms with Gasteiger partial charge < -0.3 is 5.01 Å². The number of hydrogen-bond donors (Lipinski definition) is 3. The van der Waals surface area contributed by atoms with Crippen LogP contribution in [0.4, 0.5) is 5.69 Å². The van der Waals surface area contributed by atoms with Gasteiger partial charge in [-0.15, -0.1) is 0 Å². The van der Waals surface area contributed by atoms with Crippen molar-refractivity contribution in [3.05, 3.63) is 28.2 Å². The molecule has 0 spiro atoms. The van der Waals surface area contributed by atoms with Crippen molar-refractivity contribution < 1.29 is 4.79 Å². The van der Waals surface area contributed by atoms with Gasteiger partial charge in [0.1, 0.15) is 0 Å². The molecule has 7 heteroatoms. The molecule has 0 unspecified atom stereocenters.